The fourth-order valence-corrected chi connectivity index (χ4v) is 2.38. The van der Waals surface area contributed by atoms with E-state index in [1.54, 1.807) is 18.0 Å². The zero-order valence-electron chi connectivity index (χ0n) is 21.3. The second kappa shape index (κ2) is 15.0. The highest BCUT2D eigenvalue weighted by atomic mass is 19.4. The highest BCUT2D eigenvalue weighted by Gasteiger charge is 2.28. The maximum absolute atomic E-state index is 11.1. The van der Waals surface area contributed by atoms with Crippen LogP contribution in [0.15, 0.2) is 10.6 Å². The predicted molar refractivity (Wildman–Crippen MR) is 123 cm³/mol. The summed E-state index contributed by atoms with van der Waals surface area (Å²) in [6, 6.07) is 1.71. The fourth-order valence-electron chi connectivity index (χ4n) is 2.38. The number of rotatable bonds is 8. The van der Waals surface area contributed by atoms with E-state index in [4.69, 9.17) is 14.0 Å². The Labute approximate surface area is 200 Å². The smallest absolute Gasteiger partial charge is 0.353 e. The Morgan fingerprint density at radius 3 is 2.24 bits per heavy atom. The van der Waals surface area contributed by atoms with Crippen molar-refractivity contribution in [2.24, 2.45) is 0 Å². The molecule has 1 aromatic heterocycles. The van der Waals surface area contributed by atoms with Crippen molar-refractivity contribution in [1.82, 2.24) is 10.1 Å². The average molecular weight is 496 g/mol. The standard InChI is InChI=1S/C13H20N2O4.C6H13NO.C4H7F3/c1-13(2,8-18-12-5-3-4-6-17-12)10-7-11(14-9-16)19-15-10;1-6(2,3)7(4)5-8;1-2-3-4(5,6)7/h7,9,12H,3-6,8H2,1-2H3,(H,14,16);5H,1-4H3;2-3H2,1H3. The number of carbonyl (C=O) groups is 2. The minimum absolute atomic E-state index is 0.0260. The van der Waals surface area contributed by atoms with E-state index in [9.17, 15) is 22.8 Å². The van der Waals surface area contributed by atoms with E-state index in [1.165, 1.54) is 6.92 Å². The summed E-state index contributed by atoms with van der Waals surface area (Å²) in [5, 5.41) is 6.38. The lowest BCUT2D eigenvalue weighted by Gasteiger charge is -2.28. The molecule has 1 aliphatic heterocycles. The van der Waals surface area contributed by atoms with Crippen molar-refractivity contribution in [3.63, 3.8) is 0 Å². The van der Waals surface area contributed by atoms with Gasteiger partial charge in [0, 0.05) is 37.1 Å². The van der Waals surface area contributed by atoms with E-state index in [0.29, 0.717) is 18.9 Å². The number of hydrogen-bond acceptors (Lipinski definition) is 6. The molecule has 1 fully saturated rings. The van der Waals surface area contributed by atoms with Gasteiger partial charge in [-0.25, -0.2) is 0 Å². The van der Waals surface area contributed by atoms with Gasteiger partial charge >= 0.3 is 6.18 Å². The number of anilines is 1. The molecule has 0 aromatic carbocycles. The molecule has 0 spiro atoms. The Balaban J connectivity index is 0.000000602. The zero-order valence-corrected chi connectivity index (χ0v) is 21.3. The molecule has 1 aromatic rings. The van der Waals surface area contributed by atoms with Gasteiger partial charge in [-0.2, -0.15) is 13.2 Å². The summed E-state index contributed by atoms with van der Waals surface area (Å²) in [4.78, 5) is 22.0. The van der Waals surface area contributed by atoms with Crippen LogP contribution in [0.25, 0.3) is 0 Å². The molecule has 1 saturated heterocycles. The molecule has 0 radical (unpaired) electrons. The predicted octanol–water partition coefficient (Wildman–Crippen LogP) is 5.29. The van der Waals surface area contributed by atoms with Crippen LogP contribution in [0.5, 0.6) is 0 Å². The van der Waals surface area contributed by atoms with Crippen molar-refractivity contribution >= 4 is 18.7 Å². The van der Waals surface area contributed by atoms with Crippen molar-refractivity contribution in [2.45, 2.75) is 97.1 Å². The molecule has 1 atom stereocenters. The molecule has 198 valence electrons. The third kappa shape index (κ3) is 14.2. The van der Waals surface area contributed by atoms with E-state index in [2.05, 4.69) is 10.5 Å². The van der Waals surface area contributed by atoms with E-state index < -0.39 is 12.6 Å². The first-order valence-corrected chi connectivity index (χ1v) is 11.3. The number of ether oxygens (including phenoxy) is 2. The van der Waals surface area contributed by atoms with Crippen LogP contribution in [-0.2, 0) is 24.5 Å². The van der Waals surface area contributed by atoms with E-state index >= 15 is 0 Å². The summed E-state index contributed by atoms with van der Waals surface area (Å²) in [5.74, 6) is 0.340. The summed E-state index contributed by atoms with van der Waals surface area (Å²) in [6.07, 6.45) is 0.0322. The molecule has 1 unspecified atom stereocenters. The van der Waals surface area contributed by atoms with Gasteiger partial charge in [0.1, 0.15) is 0 Å². The van der Waals surface area contributed by atoms with Crippen LogP contribution in [0.4, 0.5) is 19.1 Å². The minimum atomic E-state index is -3.95. The van der Waals surface area contributed by atoms with Gasteiger partial charge in [0.05, 0.1) is 12.3 Å². The van der Waals surface area contributed by atoms with Crippen molar-refractivity contribution in [2.75, 3.05) is 25.6 Å². The third-order valence-electron chi connectivity index (χ3n) is 4.92. The quantitative estimate of drug-likeness (QED) is 0.493. The lowest BCUT2D eigenvalue weighted by atomic mass is 9.90. The van der Waals surface area contributed by atoms with Gasteiger partial charge < -0.3 is 18.9 Å². The van der Waals surface area contributed by atoms with Crippen LogP contribution >= 0.6 is 0 Å². The molecule has 2 amide bonds. The van der Waals surface area contributed by atoms with Crippen LogP contribution in [0.1, 0.15) is 79.3 Å². The van der Waals surface area contributed by atoms with Gasteiger partial charge in [-0.05, 0) is 46.5 Å². The van der Waals surface area contributed by atoms with Crippen LogP contribution in [0.3, 0.4) is 0 Å². The summed E-state index contributed by atoms with van der Waals surface area (Å²) in [7, 11) is 1.77. The fraction of sp³-hybridized carbons (Fsp3) is 0.783. The summed E-state index contributed by atoms with van der Waals surface area (Å²) in [5.41, 5.74) is 0.419. The second-order valence-corrected chi connectivity index (χ2v) is 9.58. The molecule has 11 heteroatoms. The van der Waals surface area contributed by atoms with Crippen LogP contribution < -0.4 is 5.32 Å². The maximum atomic E-state index is 11.1. The number of hydrogen-bond donors (Lipinski definition) is 1. The molecule has 34 heavy (non-hydrogen) atoms. The van der Waals surface area contributed by atoms with Crippen molar-refractivity contribution < 1.29 is 36.8 Å². The lowest BCUT2D eigenvalue weighted by Crippen LogP contribution is -2.36. The first-order chi connectivity index (χ1) is 15.7. The number of nitrogens with zero attached hydrogens (tertiary/aromatic N) is 2. The second-order valence-electron chi connectivity index (χ2n) is 9.58. The first-order valence-electron chi connectivity index (χ1n) is 11.3. The summed E-state index contributed by atoms with van der Waals surface area (Å²) in [6.45, 7) is 12.8. The Kier molecular flexibility index (Phi) is 14.0. The Morgan fingerprint density at radius 1 is 1.21 bits per heavy atom. The molecule has 0 aliphatic carbocycles. The highest BCUT2D eigenvalue weighted by Crippen LogP contribution is 2.26. The Morgan fingerprint density at radius 2 is 1.85 bits per heavy atom. The molecule has 2 rings (SSSR count). The monoisotopic (exact) mass is 495 g/mol. The van der Waals surface area contributed by atoms with E-state index in [-0.39, 0.29) is 23.7 Å². The lowest BCUT2D eigenvalue weighted by molar-refractivity contribution is -0.170. The van der Waals surface area contributed by atoms with Crippen molar-refractivity contribution in [1.29, 1.82) is 0 Å². The molecular formula is C23H40F3N3O5. The van der Waals surface area contributed by atoms with E-state index in [1.807, 2.05) is 34.6 Å². The number of carbonyl (C=O) groups excluding carboxylic acids is 2. The molecule has 1 N–H and O–H groups in total. The van der Waals surface area contributed by atoms with Crippen LogP contribution in [0.2, 0.25) is 0 Å². The number of alkyl halides is 3. The number of nitrogens with one attached hydrogen (secondary N) is 1. The van der Waals surface area contributed by atoms with Gasteiger partial charge in [-0.15, -0.1) is 0 Å². The molecule has 0 saturated carbocycles. The molecule has 1 aliphatic rings. The van der Waals surface area contributed by atoms with Crippen molar-refractivity contribution in [3.8, 4) is 0 Å². The molecule has 2 heterocycles. The van der Waals surface area contributed by atoms with Crippen LogP contribution in [-0.4, -0.2) is 61.1 Å². The van der Waals surface area contributed by atoms with Gasteiger partial charge in [0.15, 0.2) is 6.29 Å². The molecular weight excluding hydrogens is 455 g/mol. The normalized spacial score (nSPS) is 16.4. The Bertz CT molecular complexity index is 697. The van der Waals surface area contributed by atoms with E-state index in [0.717, 1.165) is 38.0 Å². The number of halogens is 3. The largest absolute Gasteiger partial charge is 0.389 e. The topological polar surface area (TPSA) is 93.9 Å². The molecule has 0 bridgehead atoms. The SMILES string of the molecule is CC(C)(COC1CCCCO1)c1cc(NC=O)on1.CCCC(F)(F)F.CN(C=O)C(C)(C)C. The third-order valence-corrected chi connectivity index (χ3v) is 4.92. The number of amides is 2. The van der Waals surface area contributed by atoms with Gasteiger partial charge in [-0.3, -0.25) is 14.9 Å². The average Bonchev–Trinajstić information content (AvgIpc) is 3.22. The molecule has 8 nitrogen and oxygen atoms in total. The maximum Gasteiger partial charge on any atom is 0.389 e. The number of aromatic nitrogens is 1. The van der Waals surface area contributed by atoms with Crippen molar-refractivity contribution in [3.05, 3.63) is 11.8 Å². The minimum Gasteiger partial charge on any atom is -0.353 e. The first kappa shape index (κ1) is 31.9. The van der Waals surface area contributed by atoms with Gasteiger partial charge in [0.2, 0.25) is 18.7 Å². The summed E-state index contributed by atoms with van der Waals surface area (Å²) >= 11 is 0. The van der Waals surface area contributed by atoms with Gasteiger partial charge in [-0.1, -0.05) is 25.9 Å². The highest BCUT2D eigenvalue weighted by molar-refractivity contribution is 5.67. The van der Waals surface area contributed by atoms with Crippen LogP contribution in [0, 0.1) is 0 Å². The zero-order chi connectivity index (χ0) is 26.4. The Hall–Kier alpha value is -2.14. The summed E-state index contributed by atoms with van der Waals surface area (Å²) < 4.78 is 49.5. The van der Waals surface area contributed by atoms with Gasteiger partial charge in [0.25, 0.3) is 0 Å².